The van der Waals surface area contributed by atoms with Crippen LogP contribution in [0.4, 0.5) is 0 Å². The maximum Gasteiger partial charge on any atom is 0.123 e. The normalized spacial score (nSPS) is 20.2. The molecule has 1 N–H and O–H groups in total. The van der Waals surface area contributed by atoms with E-state index >= 15 is 0 Å². The number of para-hydroxylation sites is 2. The van der Waals surface area contributed by atoms with Crippen molar-refractivity contribution >= 4 is 28.9 Å². The Bertz CT molecular complexity index is 969. The first-order valence-electron chi connectivity index (χ1n) is 10.2. The van der Waals surface area contributed by atoms with E-state index in [4.69, 9.17) is 16.6 Å². The Morgan fingerprint density at radius 2 is 2.00 bits per heavy atom. The van der Waals surface area contributed by atoms with Gasteiger partial charge in [-0.3, -0.25) is 4.90 Å². The molecule has 0 bridgehead atoms. The average molecular weight is 411 g/mol. The van der Waals surface area contributed by atoms with Crippen LogP contribution in [0.15, 0.2) is 48.5 Å². The van der Waals surface area contributed by atoms with Gasteiger partial charge in [-0.2, -0.15) is 0 Å². The molecule has 6 heteroatoms. The quantitative estimate of drug-likeness (QED) is 0.473. The Kier molecular flexibility index (Phi) is 6.28. The fourth-order valence-electron chi connectivity index (χ4n) is 4.24. The summed E-state index contributed by atoms with van der Waals surface area (Å²) < 4.78 is 2.15. The number of benzene rings is 2. The molecule has 0 spiro atoms. The number of aldehydes is 1. The van der Waals surface area contributed by atoms with Crippen molar-refractivity contribution in [2.24, 2.45) is 13.0 Å². The largest absolute Gasteiger partial charge is 0.330 e. The fraction of sp³-hybridized carbons (Fsp3) is 0.391. The van der Waals surface area contributed by atoms with Crippen molar-refractivity contribution < 1.29 is 4.79 Å². The Labute approximate surface area is 176 Å². The SMILES string of the molecule is Cn1c(CNCCN2CCC(C=O)CC2c2ccc(Cl)cc2)nc2ccccc21. The zero-order valence-corrected chi connectivity index (χ0v) is 17.5. The van der Waals surface area contributed by atoms with Gasteiger partial charge in [0.1, 0.15) is 12.1 Å². The van der Waals surface area contributed by atoms with E-state index in [1.807, 2.05) is 30.3 Å². The average Bonchev–Trinajstić information content (AvgIpc) is 3.08. The summed E-state index contributed by atoms with van der Waals surface area (Å²) >= 11 is 6.06. The lowest BCUT2D eigenvalue weighted by Crippen LogP contribution is -2.41. The molecule has 2 heterocycles. The van der Waals surface area contributed by atoms with Gasteiger partial charge in [0.05, 0.1) is 17.6 Å². The number of halogens is 1. The summed E-state index contributed by atoms with van der Waals surface area (Å²) in [4.78, 5) is 18.6. The van der Waals surface area contributed by atoms with Gasteiger partial charge in [0.15, 0.2) is 0 Å². The molecular weight excluding hydrogens is 384 g/mol. The number of aromatic nitrogens is 2. The van der Waals surface area contributed by atoms with E-state index in [0.29, 0.717) is 0 Å². The lowest BCUT2D eigenvalue weighted by atomic mass is 9.88. The van der Waals surface area contributed by atoms with Crippen LogP contribution in [-0.2, 0) is 18.4 Å². The number of likely N-dealkylation sites (tertiary alicyclic amines) is 1. The Hall–Kier alpha value is -2.21. The Morgan fingerprint density at radius 1 is 1.21 bits per heavy atom. The van der Waals surface area contributed by atoms with Gasteiger partial charge in [-0.05, 0) is 49.2 Å². The topological polar surface area (TPSA) is 50.2 Å². The minimum absolute atomic E-state index is 0.139. The molecule has 0 aliphatic carbocycles. The van der Waals surface area contributed by atoms with E-state index in [1.165, 1.54) is 5.56 Å². The molecule has 0 saturated carbocycles. The molecule has 0 amide bonds. The molecule has 1 saturated heterocycles. The number of fused-ring (bicyclic) bond motifs is 1. The monoisotopic (exact) mass is 410 g/mol. The zero-order chi connectivity index (χ0) is 20.2. The van der Waals surface area contributed by atoms with Crippen molar-refractivity contribution in [2.45, 2.75) is 25.4 Å². The molecule has 1 fully saturated rings. The van der Waals surface area contributed by atoms with Gasteiger partial charge in [0.25, 0.3) is 0 Å². The molecule has 1 aliphatic rings. The second-order valence-corrected chi connectivity index (χ2v) is 8.21. The first-order chi connectivity index (χ1) is 14.2. The maximum atomic E-state index is 11.4. The smallest absolute Gasteiger partial charge is 0.123 e. The van der Waals surface area contributed by atoms with E-state index < -0.39 is 0 Å². The molecule has 5 nitrogen and oxygen atoms in total. The van der Waals surface area contributed by atoms with Gasteiger partial charge in [-0.1, -0.05) is 35.9 Å². The summed E-state index contributed by atoms with van der Waals surface area (Å²) in [6, 6.07) is 16.5. The third kappa shape index (κ3) is 4.53. The van der Waals surface area contributed by atoms with E-state index in [-0.39, 0.29) is 12.0 Å². The lowest BCUT2D eigenvalue weighted by Gasteiger charge is -2.38. The Balaban J connectivity index is 1.37. The predicted molar refractivity (Wildman–Crippen MR) is 117 cm³/mol. The summed E-state index contributed by atoms with van der Waals surface area (Å²) in [5, 5.41) is 4.28. The van der Waals surface area contributed by atoms with Crippen molar-refractivity contribution in [1.82, 2.24) is 19.8 Å². The van der Waals surface area contributed by atoms with Gasteiger partial charge in [-0.15, -0.1) is 0 Å². The van der Waals surface area contributed by atoms with Crippen LogP contribution in [0.1, 0.15) is 30.3 Å². The third-order valence-electron chi connectivity index (χ3n) is 5.94. The molecule has 0 radical (unpaired) electrons. The summed E-state index contributed by atoms with van der Waals surface area (Å²) in [5.74, 6) is 1.18. The first kappa shape index (κ1) is 20.1. The maximum absolute atomic E-state index is 11.4. The van der Waals surface area contributed by atoms with Crippen molar-refractivity contribution in [2.75, 3.05) is 19.6 Å². The van der Waals surface area contributed by atoms with Crippen LogP contribution < -0.4 is 5.32 Å². The van der Waals surface area contributed by atoms with E-state index in [9.17, 15) is 4.79 Å². The van der Waals surface area contributed by atoms with Crippen LogP contribution in [0.3, 0.4) is 0 Å². The van der Waals surface area contributed by atoms with Crippen LogP contribution >= 0.6 is 11.6 Å². The number of nitrogens with one attached hydrogen (secondary N) is 1. The van der Waals surface area contributed by atoms with E-state index in [1.54, 1.807) is 0 Å². The molecule has 2 unspecified atom stereocenters. The lowest BCUT2D eigenvalue weighted by molar-refractivity contribution is -0.113. The van der Waals surface area contributed by atoms with Crippen LogP contribution in [0, 0.1) is 5.92 Å². The molecule has 2 aromatic carbocycles. The number of hydrogen-bond acceptors (Lipinski definition) is 4. The number of rotatable bonds is 7. The Morgan fingerprint density at radius 3 is 2.76 bits per heavy atom. The highest BCUT2D eigenvalue weighted by Gasteiger charge is 2.29. The van der Waals surface area contributed by atoms with Crippen LogP contribution in [0.25, 0.3) is 11.0 Å². The van der Waals surface area contributed by atoms with Gasteiger partial charge in [0.2, 0.25) is 0 Å². The molecule has 1 aromatic heterocycles. The summed E-state index contributed by atoms with van der Waals surface area (Å²) in [5.41, 5.74) is 3.42. The highest BCUT2D eigenvalue weighted by molar-refractivity contribution is 6.30. The summed E-state index contributed by atoms with van der Waals surface area (Å²) in [6.45, 7) is 3.48. The van der Waals surface area contributed by atoms with Crippen molar-refractivity contribution in [1.29, 1.82) is 0 Å². The highest BCUT2D eigenvalue weighted by atomic mass is 35.5. The number of aryl methyl sites for hydroxylation is 1. The number of piperidine rings is 1. The number of nitrogens with zero attached hydrogens (tertiary/aromatic N) is 3. The van der Waals surface area contributed by atoms with Crippen LogP contribution in [0.5, 0.6) is 0 Å². The zero-order valence-electron chi connectivity index (χ0n) is 16.7. The number of hydrogen-bond donors (Lipinski definition) is 1. The van der Waals surface area contributed by atoms with Crippen molar-refractivity contribution in [3.05, 3.63) is 64.9 Å². The van der Waals surface area contributed by atoms with Crippen molar-refractivity contribution in [3.63, 3.8) is 0 Å². The van der Waals surface area contributed by atoms with Crippen LogP contribution in [0.2, 0.25) is 5.02 Å². The van der Waals surface area contributed by atoms with E-state index in [0.717, 1.165) is 67.2 Å². The number of carbonyl (C=O) groups is 1. The fourth-order valence-corrected chi connectivity index (χ4v) is 4.37. The molecule has 1 aliphatic heterocycles. The van der Waals surface area contributed by atoms with Crippen LogP contribution in [-0.4, -0.2) is 40.4 Å². The van der Waals surface area contributed by atoms with Gasteiger partial charge < -0.3 is 14.7 Å². The predicted octanol–water partition coefficient (Wildman–Crippen LogP) is 3.97. The highest BCUT2D eigenvalue weighted by Crippen LogP contribution is 2.33. The summed E-state index contributed by atoms with van der Waals surface area (Å²) in [6.07, 6.45) is 2.92. The second-order valence-electron chi connectivity index (χ2n) is 7.78. The minimum atomic E-state index is 0.139. The molecule has 4 rings (SSSR count). The van der Waals surface area contributed by atoms with E-state index in [2.05, 4.69) is 40.0 Å². The molecule has 2 atom stereocenters. The molecule has 152 valence electrons. The van der Waals surface area contributed by atoms with Gasteiger partial charge >= 0.3 is 0 Å². The first-order valence-corrected chi connectivity index (χ1v) is 10.6. The second kappa shape index (κ2) is 9.08. The number of carbonyl (C=O) groups excluding carboxylic acids is 1. The van der Waals surface area contributed by atoms with Gasteiger partial charge in [0, 0.05) is 37.1 Å². The molecule has 29 heavy (non-hydrogen) atoms. The van der Waals surface area contributed by atoms with Gasteiger partial charge in [-0.25, -0.2) is 4.98 Å². The molecular formula is C23H27ClN4O. The standard InChI is InChI=1S/C23H27ClN4O/c1-27-21-5-3-2-4-20(21)26-23(27)15-25-11-13-28-12-10-17(16-29)14-22(28)18-6-8-19(24)9-7-18/h2-9,16-17,22,25H,10-15H2,1H3. The summed E-state index contributed by atoms with van der Waals surface area (Å²) in [7, 11) is 2.06. The third-order valence-corrected chi connectivity index (χ3v) is 6.19. The minimum Gasteiger partial charge on any atom is -0.330 e. The molecule has 3 aromatic rings. The number of imidazole rings is 1. The van der Waals surface area contributed by atoms with Crippen molar-refractivity contribution in [3.8, 4) is 0 Å².